The standard InChI is InChI=1S/C13H15BrN4O2/c1-2-20-13(19)9-4-7(9)3-8-5-10(14)11-12(15)16-6-17-18(8)11/h5-7,9H,2-4H2,1H3,(H2,15,16,17). The van der Waals surface area contributed by atoms with Gasteiger partial charge in [-0.2, -0.15) is 5.10 Å². The van der Waals surface area contributed by atoms with Gasteiger partial charge in [0.25, 0.3) is 0 Å². The van der Waals surface area contributed by atoms with E-state index in [9.17, 15) is 4.79 Å². The lowest BCUT2D eigenvalue weighted by Gasteiger charge is -2.03. The number of nitrogen functional groups attached to an aromatic ring is 1. The number of carbonyl (C=O) groups excluding carboxylic acids is 1. The van der Waals surface area contributed by atoms with Crippen LogP contribution in [0.4, 0.5) is 5.82 Å². The van der Waals surface area contributed by atoms with Crippen molar-refractivity contribution in [1.29, 1.82) is 0 Å². The highest BCUT2D eigenvalue weighted by atomic mass is 79.9. The maximum Gasteiger partial charge on any atom is 0.309 e. The number of carbonyl (C=O) groups is 1. The summed E-state index contributed by atoms with van der Waals surface area (Å²) < 4.78 is 7.70. The van der Waals surface area contributed by atoms with Crippen molar-refractivity contribution in [2.24, 2.45) is 11.8 Å². The van der Waals surface area contributed by atoms with E-state index in [0.29, 0.717) is 18.3 Å². The van der Waals surface area contributed by atoms with Crippen LogP contribution in [0.15, 0.2) is 16.9 Å². The van der Waals surface area contributed by atoms with E-state index in [-0.39, 0.29) is 11.9 Å². The Morgan fingerprint density at radius 2 is 2.45 bits per heavy atom. The van der Waals surface area contributed by atoms with Crippen LogP contribution in [0.25, 0.3) is 5.52 Å². The minimum Gasteiger partial charge on any atom is -0.466 e. The lowest BCUT2D eigenvalue weighted by molar-refractivity contribution is -0.145. The van der Waals surface area contributed by atoms with Gasteiger partial charge in [0.15, 0.2) is 5.82 Å². The molecule has 2 heterocycles. The maximum atomic E-state index is 11.6. The molecule has 106 valence electrons. The van der Waals surface area contributed by atoms with Crippen LogP contribution in [0.2, 0.25) is 0 Å². The normalized spacial score (nSPS) is 21.1. The summed E-state index contributed by atoms with van der Waals surface area (Å²) in [5, 5.41) is 4.23. The third-order valence-corrected chi connectivity index (χ3v) is 4.20. The summed E-state index contributed by atoms with van der Waals surface area (Å²) in [6, 6.07) is 1.99. The molecule has 0 spiro atoms. The molecule has 0 aromatic carbocycles. The highest BCUT2D eigenvalue weighted by Crippen LogP contribution is 2.42. The van der Waals surface area contributed by atoms with E-state index in [2.05, 4.69) is 26.0 Å². The molecule has 0 amide bonds. The highest BCUT2D eigenvalue weighted by molar-refractivity contribution is 9.10. The fourth-order valence-corrected chi connectivity index (χ4v) is 3.14. The number of ether oxygens (including phenoxy) is 1. The zero-order valence-corrected chi connectivity index (χ0v) is 12.6. The topological polar surface area (TPSA) is 82.5 Å². The molecular weight excluding hydrogens is 324 g/mol. The van der Waals surface area contributed by atoms with Crippen molar-refractivity contribution in [2.75, 3.05) is 12.3 Å². The molecule has 0 aliphatic heterocycles. The molecule has 6 nitrogen and oxygen atoms in total. The first-order valence-electron chi connectivity index (χ1n) is 6.55. The van der Waals surface area contributed by atoms with Gasteiger partial charge in [-0.3, -0.25) is 4.79 Å². The molecule has 0 bridgehead atoms. The fraction of sp³-hybridized carbons (Fsp3) is 0.462. The van der Waals surface area contributed by atoms with Crippen LogP contribution in [0.5, 0.6) is 0 Å². The van der Waals surface area contributed by atoms with E-state index < -0.39 is 0 Å². The highest BCUT2D eigenvalue weighted by Gasteiger charge is 2.44. The second-order valence-corrected chi connectivity index (χ2v) is 5.80. The predicted molar refractivity (Wildman–Crippen MR) is 77.0 cm³/mol. The third kappa shape index (κ3) is 2.26. The molecule has 1 aliphatic rings. The lowest BCUT2D eigenvalue weighted by Crippen LogP contribution is -2.09. The largest absolute Gasteiger partial charge is 0.466 e. The van der Waals surface area contributed by atoms with Gasteiger partial charge in [-0.1, -0.05) is 0 Å². The van der Waals surface area contributed by atoms with Crippen molar-refractivity contribution >= 4 is 33.2 Å². The molecule has 20 heavy (non-hydrogen) atoms. The summed E-state index contributed by atoms with van der Waals surface area (Å²) in [6.07, 6.45) is 3.10. The molecule has 2 N–H and O–H groups in total. The van der Waals surface area contributed by atoms with E-state index in [0.717, 1.165) is 28.5 Å². The van der Waals surface area contributed by atoms with Gasteiger partial charge in [-0.25, -0.2) is 9.50 Å². The van der Waals surface area contributed by atoms with Crippen LogP contribution in [0.1, 0.15) is 19.0 Å². The van der Waals surface area contributed by atoms with Crippen molar-refractivity contribution in [3.63, 3.8) is 0 Å². The molecule has 3 rings (SSSR count). The van der Waals surface area contributed by atoms with Crippen LogP contribution < -0.4 is 5.73 Å². The van der Waals surface area contributed by atoms with E-state index in [1.165, 1.54) is 6.33 Å². The Kier molecular flexibility index (Phi) is 3.37. The second kappa shape index (κ2) is 5.05. The number of anilines is 1. The minimum absolute atomic E-state index is 0.0264. The number of nitrogens with two attached hydrogens (primary N) is 1. The first-order valence-corrected chi connectivity index (χ1v) is 7.34. The number of nitrogens with zero attached hydrogens (tertiary/aromatic N) is 3. The summed E-state index contributed by atoms with van der Waals surface area (Å²) in [5.41, 5.74) is 7.66. The van der Waals surface area contributed by atoms with Gasteiger partial charge in [-0.15, -0.1) is 0 Å². The van der Waals surface area contributed by atoms with Gasteiger partial charge in [0, 0.05) is 10.2 Å². The summed E-state index contributed by atoms with van der Waals surface area (Å²) in [6.45, 7) is 2.26. The van der Waals surface area contributed by atoms with Crippen LogP contribution in [-0.2, 0) is 16.0 Å². The maximum absolute atomic E-state index is 11.6. The average molecular weight is 339 g/mol. The van der Waals surface area contributed by atoms with Crippen LogP contribution in [0.3, 0.4) is 0 Å². The number of esters is 1. The van der Waals surface area contributed by atoms with Gasteiger partial charge in [0.05, 0.1) is 12.5 Å². The number of hydrogen-bond acceptors (Lipinski definition) is 5. The van der Waals surface area contributed by atoms with E-state index >= 15 is 0 Å². The predicted octanol–water partition coefficient (Wildman–Crippen LogP) is 1.82. The van der Waals surface area contributed by atoms with Gasteiger partial charge in [-0.05, 0) is 47.7 Å². The summed E-state index contributed by atoms with van der Waals surface area (Å²) in [7, 11) is 0. The summed E-state index contributed by atoms with van der Waals surface area (Å²) in [5.74, 6) is 0.705. The monoisotopic (exact) mass is 338 g/mol. The molecule has 2 unspecified atom stereocenters. The Morgan fingerprint density at radius 3 is 3.20 bits per heavy atom. The average Bonchev–Trinajstić information content (AvgIpc) is 3.09. The third-order valence-electron chi connectivity index (χ3n) is 3.59. The zero-order chi connectivity index (χ0) is 14.3. The van der Waals surface area contributed by atoms with E-state index in [4.69, 9.17) is 10.5 Å². The van der Waals surface area contributed by atoms with Crippen molar-refractivity contribution < 1.29 is 9.53 Å². The first kappa shape index (κ1) is 13.4. The summed E-state index contributed by atoms with van der Waals surface area (Å²) >= 11 is 3.48. The van der Waals surface area contributed by atoms with Crippen molar-refractivity contribution in [2.45, 2.75) is 19.8 Å². The smallest absolute Gasteiger partial charge is 0.309 e. The van der Waals surface area contributed by atoms with Crippen molar-refractivity contribution in [1.82, 2.24) is 14.6 Å². The van der Waals surface area contributed by atoms with Gasteiger partial charge >= 0.3 is 5.97 Å². The molecule has 7 heteroatoms. The molecule has 1 saturated carbocycles. The van der Waals surface area contributed by atoms with Crippen LogP contribution >= 0.6 is 15.9 Å². The van der Waals surface area contributed by atoms with E-state index in [1.807, 2.05) is 13.0 Å². The van der Waals surface area contributed by atoms with Crippen molar-refractivity contribution in [3.8, 4) is 0 Å². The van der Waals surface area contributed by atoms with Gasteiger partial charge < -0.3 is 10.5 Å². The Balaban J connectivity index is 1.80. The molecule has 1 aliphatic carbocycles. The Labute approximate surface area is 124 Å². The molecule has 2 aromatic heterocycles. The Morgan fingerprint density at radius 1 is 1.65 bits per heavy atom. The SMILES string of the molecule is CCOC(=O)C1CC1Cc1cc(Br)c2c(N)ncnn12. The molecule has 2 aromatic rings. The fourth-order valence-electron chi connectivity index (χ4n) is 2.51. The summed E-state index contributed by atoms with van der Waals surface area (Å²) in [4.78, 5) is 15.6. The zero-order valence-electron chi connectivity index (χ0n) is 11.0. The molecule has 1 fully saturated rings. The van der Waals surface area contributed by atoms with Gasteiger partial charge in [0.2, 0.25) is 0 Å². The van der Waals surface area contributed by atoms with Crippen molar-refractivity contribution in [3.05, 3.63) is 22.6 Å². The van der Waals surface area contributed by atoms with E-state index in [1.54, 1.807) is 4.52 Å². The number of halogens is 1. The number of rotatable bonds is 4. The number of fused-ring (bicyclic) bond motifs is 1. The lowest BCUT2D eigenvalue weighted by atomic mass is 10.2. The Bertz CT molecular complexity index is 670. The molecule has 2 atom stereocenters. The molecular formula is C13H15BrN4O2. The van der Waals surface area contributed by atoms with Crippen LogP contribution in [0, 0.1) is 11.8 Å². The number of aromatic nitrogens is 3. The Hall–Kier alpha value is -1.63. The van der Waals surface area contributed by atoms with Crippen LogP contribution in [-0.4, -0.2) is 27.2 Å². The molecule has 0 saturated heterocycles. The second-order valence-electron chi connectivity index (χ2n) is 4.95. The minimum atomic E-state index is -0.0911. The molecule has 0 radical (unpaired) electrons. The number of hydrogen-bond donors (Lipinski definition) is 1. The first-order chi connectivity index (χ1) is 9.61. The van der Waals surface area contributed by atoms with Gasteiger partial charge in [0.1, 0.15) is 11.8 Å². The quantitative estimate of drug-likeness (QED) is 0.859.